The maximum atomic E-state index is 12.8. The molecule has 0 fully saturated rings. The zero-order valence-corrected chi connectivity index (χ0v) is 43.8. The molecule has 0 rings (SSSR count). The van der Waals surface area contributed by atoms with Crippen molar-refractivity contribution in [3.63, 3.8) is 0 Å². The molecule has 1 unspecified atom stereocenters. The second-order valence-corrected chi connectivity index (χ2v) is 19.6. The Bertz CT molecular complexity index is 1050. The lowest BCUT2D eigenvalue weighted by Crippen LogP contribution is -2.30. The van der Waals surface area contributed by atoms with Gasteiger partial charge in [0.1, 0.15) is 13.2 Å². The highest BCUT2D eigenvalue weighted by Crippen LogP contribution is 2.16. The summed E-state index contributed by atoms with van der Waals surface area (Å²) < 4.78 is 16.8. The SMILES string of the molecule is CCCCCCCC/C=C\CCCCCCCCCCCC(=O)OCC(COC(=O)CCCCCCCCCCCC)OC(=O)CCCCCCCCC/C=C\CCCCCCCCC. The molecule has 0 aromatic heterocycles. The number of carbonyl (C=O) groups excluding carboxylic acids is 3. The van der Waals surface area contributed by atoms with Gasteiger partial charge in [-0.1, -0.05) is 251 Å². The molecule has 0 aromatic rings. The highest BCUT2D eigenvalue weighted by molar-refractivity contribution is 5.71. The molecule has 6 nitrogen and oxygen atoms in total. The van der Waals surface area contributed by atoms with Gasteiger partial charge in [-0.05, 0) is 70.6 Å². The number of esters is 3. The number of carbonyl (C=O) groups is 3. The molecule has 0 saturated heterocycles. The number of hydrogen-bond donors (Lipinski definition) is 0. The predicted molar refractivity (Wildman–Crippen MR) is 279 cm³/mol. The summed E-state index contributed by atoms with van der Waals surface area (Å²) in [4.78, 5) is 38.1. The van der Waals surface area contributed by atoms with Gasteiger partial charge in [0, 0.05) is 19.3 Å². The van der Waals surface area contributed by atoms with Gasteiger partial charge in [-0.25, -0.2) is 0 Å². The Morgan fingerprint density at radius 2 is 0.508 bits per heavy atom. The van der Waals surface area contributed by atoms with Gasteiger partial charge in [0.2, 0.25) is 0 Å². The molecule has 0 aliphatic heterocycles. The summed E-state index contributed by atoms with van der Waals surface area (Å²) in [6.45, 7) is 6.66. The fourth-order valence-electron chi connectivity index (χ4n) is 8.55. The second kappa shape index (κ2) is 54.5. The number of allylic oxidation sites excluding steroid dienone is 4. The molecule has 0 aliphatic carbocycles. The van der Waals surface area contributed by atoms with E-state index in [1.54, 1.807) is 0 Å². The van der Waals surface area contributed by atoms with Crippen LogP contribution >= 0.6 is 0 Å². The molecule has 0 radical (unpaired) electrons. The van der Waals surface area contributed by atoms with Crippen molar-refractivity contribution >= 4 is 17.9 Å². The Morgan fingerprint density at radius 3 is 0.769 bits per heavy atom. The Kier molecular flexibility index (Phi) is 52.7. The maximum absolute atomic E-state index is 12.8. The molecular weight excluding hydrogens is 805 g/mol. The molecule has 6 heteroatoms. The van der Waals surface area contributed by atoms with E-state index in [9.17, 15) is 14.4 Å². The molecule has 65 heavy (non-hydrogen) atoms. The summed E-state index contributed by atoms with van der Waals surface area (Å²) in [5, 5.41) is 0. The third kappa shape index (κ3) is 52.7. The quantitative estimate of drug-likeness (QED) is 0.0262. The van der Waals surface area contributed by atoms with E-state index in [0.29, 0.717) is 19.3 Å². The van der Waals surface area contributed by atoms with Gasteiger partial charge < -0.3 is 14.2 Å². The lowest BCUT2D eigenvalue weighted by Gasteiger charge is -2.18. The lowest BCUT2D eigenvalue weighted by molar-refractivity contribution is -0.167. The van der Waals surface area contributed by atoms with Gasteiger partial charge in [0.25, 0.3) is 0 Å². The van der Waals surface area contributed by atoms with Crippen LogP contribution in [0.3, 0.4) is 0 Å². The van der Waals surface area contributed by atoms with E-state index in [4.69, 9.17) is 14.2 Å². The summed E-state index contributed by atoms with van der Waals surface area (Å²) in [5.74, 6) is -0.860. The van der Waals surface area contributed by atoms with Gasteiger partial charge in [-0.2, -0.15) is 0 Å². The van der Waals surface area contributed by atoms with Crippen LogP contribution in [-0.2, 0) is 28.6 Å². The third-order valence-electron chi connectivity index (χ3n) is 12.9. The molecule has 1 atom stereocenters. The molecule has 0 aliphatic rings. The Balaban J connectivity index is 4.27. The van der Waals surface area contributed by atoms with Crippen molar-refractivity contribution in [2.24, 2.45) is 0 Å². The number of rotatable bonds is 53. The zero-order valence-electron chi connectivity index (χ0n) is 43.8. The molecule has 0 saturated carbocycles. The number of unbranched alkanes of at least 4 members (excludes halogenated alkanes) is 38. The van der Waals surface area contributed by atoms with Crippen LogP contribution in [0.5, 0.6) is 0 Å². The first-order valence-electron chi connectivity index (χ1n) is 28.8. The second-order valence-electron chi connectivity index (χ2n) is 19.6. The van der Waals surface area contributed by atoms with Crippen LogP contribution in [0.25, 0.3) is 0 Å². The van der Waals surface area contributed by atoms with Gasteiger partial charge >= 0.3 is 17.9 Å². The molecule has 0 spiro atoms. The summed E-state index contributed by atoms with van der Waals surface area (Å²) in [6.07, 6.45) is 63.1. The van der Waals surface area contributed by atoms with Crippen LogP contribution in [0, 0.1) is 0 Å². The van der Waals surface area contributed by atoms with Crippen LogP contribution < -0.4 is 0 Å². The summed E-state index contributed by atoms with van der Waals surface area (Å²) in [5.41, 5.74) is 0. The first-order valence-corrected chi connectivity index (χ1v) is 28.8. The predicted octanol–water partition coefficient (Wildman–Crippen LogP) is 19.1. The van der Waals surface area contributed by atoms with E-state index in [-0.39, 0.29) is 31.1 Å². The van der Waals surface area contributed by atoms with Crippen molar-refractivity contribution in [1.29, 1.82) is 0 Å². The van der Waals surface area contributed by atoms with E-state index < -0.39 is 6.10 Å². The highest BCUT2D eigenvalue weighted by atomic mass is 16.6. The Hall–Kier alpha value is -2.11. The number of ether oxygens (including phenoxy) is 3. The van der Waals surface area contributed by atoms with Crippen molar-refractivity contribution < 1.29 is 28.6 Å². The summed E-state index contributed by atoms with van der Waals surface area (Å²) in [7, 11) is 0. The Morgan fingerprint density at radius 1 is 0.292 bits per heavy atom. The molecule has 0 N–H and O–H groups in total. The molecule has 0 aromatic carbocycles. The van der Waals surface area contributed by atoms with Crippen LogP contribution in [0.2, 0.25) is 0 Å². The fourth-order valence-corrected chi connectivity index (χ4v) is 8.55. The van der Waals surface area contributed by atoms with Crippen molar-refractivity contribution in [3.8, 4) is 0 Å². The smallest absolute Gasteiger partial charge is 0.306 e. The van der Waals surface area contributed by atoms with Crippen LogP contribution in [0.1, 0.15) is 316 Å². The molecule has 0 bridgehead atoms. The van der Waals surface area contributed by atoms with Gasteiger partial charge in [-0.3, -0.25) is 14.4 Å². The molecule has 0 amide bonds. The largest absolute Gasteiger partial charge is 0.462 e. The molecule has 382 valence electrons. The van der Waals surface area contributed by atoms with Gasteiger partial charge in [0.05, 0.1) is 0 Å². The van der Waals surface area contributed by atoms with Gasteiger partial charge in [-0.15, -0.1) is 0 Å². The van der Waals surface area contributed by atoms with Crippen molar-refractivity contribution in [2.75, 3.05) is 13.2 Å². The normalized spacial score (nSPS) is 12.1. The van der Waals surface area contributed by atoms with E-state index in [2.05, 4.69) is 45.1 Å². The van der Waals surface area contributed by atoms with Crippen molar-refractivity contribution in [3.05, 3.63) is 24.3 Å². The van der Waals surface area contributed by atoms with Crippen LogP contribution in [0.4, 0.5) is 0 Å². The van der Waals surface area contributed by atoms with Crippen molar-refractivity contribution in [1.82, 2.24) is 0 Å². The minimum atomic E-state index is -0.770. The zero-order chi connectivity index (χ0) is 47.2. The van der Waals surface area contributed by atoms with E-state index in [0.717, 1.165) is 57.8 Å². The Labute approximate surface area is 404 Å². The van der Waals surface area contributed by atoms with E-state index in [1.807, 2.05) is 0 Å². The van der Waals surface area contributed by atoms with Gasteiger partial charge in [0.15, 0.2) is 6.10 Å². The lowest BCUT2D eigenvalue weighted by atomic mass is 10.1. The first kappa shape index (κ1) is 62.9. The maximum Gasteiger partial charge on any atom is 0.306 e. The van der Waals surface area contributed by atoms with E-state index >= 15 is 0 Å². The summed E-state index contributed by atoms with van der Waals surface area (Å²) >= 11 is 0. The van der Waals surface area contributed by atoms with Crippen LogP contribution in [-0.4, -0.2) is 37.2 Å². The standard InChI is InChI=1S/C59H110O6/c1-4-7-10-13-16-19-22-24-26-28-30-32-33-35-37-40-43-46-49-52-58(61)64-55-56(54-63-57(60)51-48-45-42-39-21-18-15-12-9-6-3)65-59(62)53-50-47-44-41-38-36-34-31-29-27-25-23-20-17-14-11-8-5-2/h24,26-27,29,56H,4-23,25,28,30-55H2,1-3H3/b26-24-,29-27-. The minimum Gasteiger partial charge on any atom is -0.462 e. The molecule has 0 heterocycles. The van der Waals surface area contributed by atoms with Crippen LogP contribution in [0.15, 0.2) is 24.3 Å². The van der Waals surface area contributed by atoms with E-state index in [1.165, 1.54) is 218 Å². The average molecular weight is 916 g/mol. The average Bonchev–Trinajstić information content (AvgIpc) is 3.30. The minimum absolute atomic E-state index is 0.0696. The fraction of sp³-hybridized carbons (Fsp3) is 0.881. The third-order valence-corrected chi connectivity index (χ3v) is 12.9. The monoisotopic (exact) mass is 915 g/mol. The number of hydrogen-bond acceptors (Lipinski definition) is 6. The van der Waals surface area contributed by atoms with Crippen molar-refractivity contribution in [2.45, 2.75) is 322 Å². The molecular formula is C59H110O6. The summed E-state index contributed by atoms with van der Waals surface area (Å²) in [6, 6.07) is 0. The first-order chi connectivity index (χ1) is 32.0. The topological polar surface area (TPSA) is 78.9 Å². The highest BCUT2D eigenvalue weighted by Gasteiger charge is 2.19.